The number of hydrogen-bond acceptors (Lipinski definition) is 4. The van der Waals surface area contributed by atoms with Gasteiger partial charge in [0, 0.05) is 18.0 Å². The van der Waals surface area contributed by atoms with E-state index in [4.69, 9.17) is 9.84 Å². The highest BCUT2D eigenvalue weighted by Gasteiger charge is 2.09. The Morgan fingerprint density at radius 3 is 2.62 bits per heavy atom. The minimum Gasteiger partial charge on any atom is -0.497 e. The van der Waals surface area contributed by atoms with Crippen LogP contribution in [0.15, 0.2) is 29.2 Å². The summed E-state index contributed by atoms with van der Waals surface area (Å²) in [6.07, 6.45) is 2.85. The number of carbonyl (C=O) groups excluding carboxylic acids is 1. The standard InChI is InChI=1S/C16H25NO3S/c1-3-4-13(9-10-18)11-17-16(19)12-21-15-7-5-14(20-2)6-8-15/h5-8,13,18H,3-4,9-12H2,1-2H3,(H,17,19). The largest absolute Gasteiger partial charge is 0.497 e. The van der Waals surface area contributed by atoms with Crippen LogP contribution < -0.4 is 10.1 Å². The van der Waals surface area contributed by atoms with Crippen LogP contribution in [0.25, 0.3) is 0 Å². The van der Waals surface area contributed by atoms with E-state index in [1.165, 1.54) is 11.8 Å². The maximum Gasteiger partial charge on any atom is 0.230 e. The zero-order chi connectivity index (χ0) is 15.5. The average Bonchev–Trinajstić information content (AvgIpc) is 2.51. The third-order valence-corrected chi connectivity index (χ3v) is 4.26. The van der Waals surface area contributed by atoms with E-state index in [2.05, 4.69) is 12.2 Å². The Hall–Kier alpha value is -1.20. The molecule has 1 unspecified atom stereocenters. The van der Waals surface area contributed by atoms with Crippen molar-refractivity contribution >= 4 is 17.7 Å². The van der Waals surface area contributed by atoms with Gasteiger partial charge < -0.3 is 15.2 Å². The molecular weight excluding hydrogens is 286 g/mol. The second-order valence-corrected chi connectivity index (χ2v) is 5.98. The molecular formula is C16H25NO3S. The molecule has 0 radical (unpaired) electrons. The number of amides is 1. The van der Waals surface area contributed by atoms with Crippen LogP contribution >= 0.6 is 11.8 Å². The van der Waals surface area contributed by atoms with Crippen LogP contribution in [0.1, 0.15) is 26.2 Å². The molecule has 0 saturated carbocycles. The number of aliphatic hydroxyl groups excluding tert-OH is 1. The highest BCUT2D eigenvalue weighted by atomic mass is 32.2. The molecule has 118 valence electrons. The quantitative estimate of drug-likeness (QED) is 0.652. The Kier molecular flexibility index (Phi) is 8.94. The first kappa shape index (κ1) is 17.9. The Morgan fingerprint density at radius 2 is 2.05 bits per heavy atom. The van der Waals surface area contributed by atoms with Crippen LogP contribution in [0.3, 0.4) is 0 Å². The Balaban J connectivity index is 2.29. The fourth-order valence-corrected chi connectivity index (χ4v) is 2.80. The summed E-state index contributed by atoms with van der Waals surface area (Å²) >= 11 is 1.51. The first-order valence-corrected chi connectivity index (χ1v) is 8.32. The van der Waals surface area contributed by atoms with Crippen molar-refractivity contribution in [1.29, 1.82) is 0 Å². The van der Waals surface area contributed by atoms with Crippen molar-refractivity contribution in [3.63, 3.8) is 0 Å². The Bertz CT molecular complexity index is 402. The van der Waals surface area contributed by atoms with E-state index in [1.54, 1.807) is 7.11 Å². The number of benzene rings is 1. The number of rotatable bonds is 10. The molecule has 0 bridgehead atoms. The topological polar surface area (TPSA) is 58.6 Å². The predicted octanol–water partition coefficient (Wildman–Crippen LogP) is 2.70. The van der Waals surface area contributed by atoms with Gasteiger partial charge in [0.2, 0.25) is 5.91 Å². The highest BCUT2D eigenvalue weighted by molar-refractivity contribution is 8.00. The minimum absolute atomic E-state index is 0.0369. The maximum atomic E-state index is 11.8. The van der Waals surface area contributed by atoms with E-state index in [1.807, 2.05) is 24.3 Å². The molecule has 0 aliphatic carbocycles. The predicted molar refractivity (Wildman–Crippen MR) is 86.8 cm³/mol. The summed E-state index contributed by atoms with van der Waals surface area (Å²) in [7, 11) is 1.63. The van der Waals surface area contributed by atoms with Crippen LogP contribution in [0.2, 0.25) is 0 Å². The van der Waals surface area contributed by atoms with Crippen molar-refractivity contribution in [2.75, 3.05) is 26.0 Å². The lowest BCUT2D eigenvalue weighted by Crippen LogP contribution is -2.31. The molecule has 1 atom stereocenters. The molecule has 2 N–H and O–H groups in total. The molecule has 21 heavy (non-hydrogen) atoms. The molecule has 1 amide bonds. The molecule has 0 heterocycles. The summed E-state index contributed by atoms with van der Waals surface area (Å²) in [4.78, 5) is 12.9. The fourth-order valence-electron chi connectivity index (χ4n) is 2.07. The maximum absolute atomic E-state index is 11.8. The number of methoxy groups -OCH3 is 1. The van der Waals surface area contributed by atoms with Crippen LogP contribution in [0, 0.1) is 5.92 Å². The molecule has 5 heteroatoms. The van der Waals surface area contributed by atoms with Crippen molar-refractivity contribution in [2.24, 2.45) is 5.92 Å². The van der Waals surface area contributed by atoms with Gasteiger partial charge >= 0.3 is 0 Å². The molecule has 1 aromatic carbocycles. The van der Waals surface area contributed by atoms with Gasteiger partial charge in [0.25, 0.3) is 0 Å². The van der Waals surface area contributed by atoms with E-state index >= 15 is 0 Å². The Labute approximate surface area is 131 Å². The molecule has 4 nitrogen and oxygen atoms in total. The van der Waals surface area contributed by atoms with Crippen molar-refractivity contribution in [2.45, 2.75) is 31.1 Å². The summed E-state index contributed by atoms with van der Waals surface area (Å²) in [5, 5.41) is 11.9. The SMILES string of the molecule is CCCC(CCO)CNC(=O)CSc1ccc(OC)cc1. The van der Waals surface area contributed by atoms with Gasteiger partial charge in [0.05, 0.1) is 12.9 Å². The average molecular weight is 311 g/mol. The van der Waals surface area contributed by atoms with Gasteiger partial charge in [-0.05, 0) is 43.0 Å². The van der Waals surface area contributed by atoms with Crippen LogP contribution in [-0.2, 0) is 4.79 Å². The van der Waals surface area contributed by atoms with Crippen LogP contribution in [0.4, 0.5) is 0 Å². The third-order valence-electron chi connectivity index (χ3n) is 3.25. The monoisotopic (exact) mass is 311 g/mol. The van der Waals surface area contributed by atoms with E-state index in [-0.39, 0.29) is 12.5 Å². The summed E-state index contributed by atoms with van der Waals surface area (Å²) in [6, 6.07) is 7.67. The Morgan fingerprint density at radius 1 is 1.33 bits per heavy atom. The van der Waals surface area contributed by atoms with E-state index in [9.17, 15) is 4.79 Å². The molecule has 0 spiro atoms. The molecule has 0 saturated heterocycles. The van der Waals surface area contributed by atoms with Crippen molar-refractivity contribution < 1.29 is 14.6 Å². The van der Waals surface area contributed by atoms with Gasteiger partial charge in [-0.1, -0.05) is 13.3 Å². The van der Waals surface area contributed by atoms with E-state index in [0.717, 1.165) is 29.9 Å². The molecule has 1 aromatic rings. The normalized spacial score (nSPS) is 12.0. The van der Waals surface area contributed by atoms with E-state index < -0.39 is 0 Å². The summed E-state index contributed by atoms with van der Waals surface area (Å²) in [5.74, 6) is 1.63. The van der Waals surface area contributed by atoms with Crippen LogP contribution in [-0.4, -0.2) is 37.0 Å². The van der Waals surface area contributed by atoms with Gasteiger partial charge in [0.15, 0.2) is 0 Å². The van der Waals surface area contributed by atoms with Gasteiger partial charge in [-0.2, -0.15) is 0 Å². The van der Waals surface area contributed by atoms with Crippen LogP contribution in [0.5, 0.6) is 5.75 Å². The smallest absolute Gasteiger partial charge is 0.230 e. The second-order valence-electron chi connectivity index (χ2n) is 4.94. The molecule has 0 aromatic heterocycles. The lowest BCUT2D eigenvalue weighted by Gasteiger charge is -2.15. The molecule has 0 fully saturated rings. The van der Waals surface area contributed by atoms with E-state index in [0.29, 0.717) is 18.2 Å². The highest BCUT2D eigenvalue weighted by Crippen LogP contribution is 2.21. The minimum atomic E-state index is 0.0369. The van der Waals surface area contributed by atoms with Crippen molar-refractivity contribution in [3.8, 4) is 5.75 Å². The third kappa shape index (κ3) is 7.39. The number of hydrogen-bond donors (Lipinski definition) is 2. The summed E-state index contributed by atoms with van der Waals surface area (Å²) in [6.45, 7) is 2.95. The first-order chi connectivity index (χ1) is 10.2. The molecule has 1 rings (SSSR count). The number of aliphatic hydroxyl groups is 1. The van der Waals surface area contributed by atoms with Gasteiger partial charge in [-0.3, -0.25) is 4.79 Å². The van der Waals surface area contributed by atoms with Gasteiger partial charge in [-0.25, -0.2) is 0 Å². The van der Waals surface area contributed by atoms with Gasteiger partial charge in [0.1, 0.15) is 5.75 Å². The number of carbonyl (C=O) groups is 1. The second kappa shape index (κ2) is 10.5. The van der Waals surface area contributed by atoms with Crippen molar-refractivity contribution in [1.82, 2.24) is 5.32 Å². The lowest BCUT2D eigenvalue weighted by atomic mass is 10.0. The number of thioether (sulfide) groups is 1. The zero-order valence-electron chi connectivity index (χ0n) is 12.8. The molecule has 0 aliphatic rings. The zero-order valence-corrected chi connectivity index (χ0v) is 13.6. The van der Waals surface area contributed by atoms with Crippen molar-refractivity contribution in [3.05, 3.63) is 24.3 Å². The molecule has 0 aliphatic heterocycles. The van der Waals surface area contributed by atoms with Gasteiger partial charge in [-0.15, -0.1) is 11.8 Å². The number of nitrogens with one attached hydrogen (secondary N) is 1. The summed E-state index contributed by atoms with van der Waals surface area (Å²) < 4.78 is 5.10. The number of ether oxygens (including phenoxy) is 1. The fraction of sp³-hybridized carbons (Fsp3) is 0.562. The first-order valence-electron chi connectivity index (χ1n) is 7.34. The summed E-state index contributed by atoms with van der Waals surface area (Å²) in [5.41, 5.74) is 0. The lowest BCUT2D eigenvalue weighted by molar-refractivity contribution is -0.118.